The van der Waals surface area contributed by atoms with E-state index in [1.54, 1.807) is 10.9 Å². The Hall–Kier alpha value is -1.84. The third-order valence-corrected chi connectivity index (χ3v) is 1.85. The molecule has 1 aromatic heterocycles. The second-order valence-corrected chi connectivity index (χ2v) is 2.86. The smallest absolute Gasteiger partial charge is 0.341 e. The molecule has 0 saturated carbocycles. The first-order chi connectivity index (χ1) is 7.24. The first-order valence-corrected chi connectivity index (χ1v) is 4.66. The van der Waals surface area contributed by atoms with E-state index in [4.69, 9.17) is 0 Å². The first-order valence-electron chi connectivity index (χ1n) is 4.66. The summed E-state index contributed by atoms with van der Waals surface area (Å²) in [5.74, 6) is -0.376. The number of esters is 1. The number of ether oxygens (including phenoxy) is 1. The lowest BCUT2D eigenvalue weighted by atomic mass is 10.2. The number of nitrogens with zero attached hydrogens (tertiary/aromatic N) is 2. The molecule has 0 aliphatic carbocycles. The summed E-state index contributed by atoms with van der Waals surface area (Å²) >= 11 is 0. The Morgan fingerprint density at radius 2 is 2.20 bits per heavy atom. The summed E-state index contributed by atoms with van der Waals surface area (Å²) in [6, 6.07) is 0. The average molecular weight is 206 g/mol. The van der Waals surface area contributed by atoms with Gasteiger partial charge in [0.15, 0.2) is 0 Å². The van der Waals surface area contributed by atoms with Gasteiger partial charge in [0.2, 0.25) is 0 Å². The van der Waals surface area contributed by atoms with E-state index in [9.17, 15) is 4.79 Å². The van der Waals surface area contributed by atoms with Crippen molar-refractivity contribution in [2.45, 2.75) is 13.8 Å². The summed E-state index contributed by atoms with van der Waals surface area (Å²) in [6.07, 6.45) is 8.80. The van der Waals surface area contributed by atoms with Crippen LogP contribution in [0.25, 0.3) is 12.3 Å². The second-order valence-electron chi connectivity index (χ2n) is 2.86. The number of hydrogen-bond acceptors (Lipinski definition) is 3. The molecule has 0 unspecified atom stereocenters. The minimum atomic E-state index is -0.376. The topological polar surface area (TPSA) is 44.1 Å². The predicted molar refractivity (Wildman–Crippen MR) is 59.3 cm³/mol. The second kappa shape index (κ2) is 5.14. The summed E-state index contributed by atoms with van der Waals surface area (Å²) < 4.78 is 6.30. The van der Waals surface area contributed by atoms with Gasteiger partial charge in [-0.25, -0.2) is 9.48 Å². The molecule has 0 fully saturated rings. The van der Waals surface area contributed by atoms with Gasteiger partial charge in [-0.2, -0.15) is 5.10 Å². The average Bonchev–Trinajstić information content (AvgIpc) is 2.62. The Kier molecular flexibility index (Phi) is 3.85. The maximum absolute atomic E-state index is 11.4. The van der Waals surface area contributed by atoms with Crippen molar-refractivity contribution in [2.24, 2.45) is 0 Å². The lowest BCUT2D eigenvalue weighted by Gasteiger charge is -1.99. The highest BCUT2D eigenvalue weighted by molar-refractivity contribution is 5.92. The number of rotatable bonds is 3. The third-order valence-electron chi connectivity index (χ3n) is 1.85. The summed E-state index contributed by atoms with van der Waals surface area (Å²) in [4.78, 5) is 11.4. The SMILES string of the molecule is C/C=C\c1c(C(=O)OC)cnn1/C=C\C. The van der Waals surface area contributed by atoms with Crippen LogP contribution in [0.15, 0.2) is 18.3 Å². The van der Waals surface area contributed by atoms with Crippen LogP contribution in [-0.2, 0) is 4.74 Å². The molecule has 0 aliphatic rings. The molecule has 4 nitrogen and oxygen atoms in total. The van der Waals surface area contributed by atoms with Gasteiger partial charge in [0.1, 0.15) is 5.56 Å². The fourth-order valence-corrected chi connectivity index (χ4v) is 1.22. The zero-order chi connectivity index (χ0) is 11.3. The molecule has 4 heteroatoms. The molecule has 0 radical (unpaired) electrons. The van der Waals surface area contributed by atoms with E-state index in [0.717, 1.165) is 5.69 Å². The van der Waals surface area contributed by atoms with E-state index >= 15 is 0 Å². The number of carbonyl (C=O) groups excluding carboxylic acids is 1. The molecule has 0 N–H and O–H groups in total. The van der Waals surface area contributed by atoms with Crippen molar-refractivity contribution in [3.8, 4) is 0 Å². The molecule has 0 atom stereocenters. The molecule has 0 saturated heterocycles. The van der Waals surface area contributed by atoms with Crippen molar-refractivity contribution < 1.29 is 9.53 Å². The minimum absolute atomic E-state index is 0.376. The normalized spacial score (nSPS) is 11.4. The van der Waals surface area contributed by atoms with E-state index < -0.39 is 0 Å². The van der Waals surface area contributed by atoms with E-state index in [2.05, 4.69) is 9.84 Å². The molecule has 0 spiro atoms. The highest BCUT2D eigenvalue weighted by Gasteiger charge is 2.14. The van der Waals surface area contributed by atoms with Gasteiger partial charge in [0, 0.05) is 6.20 Å². The van der Waals surface area contributed by atoms with Crippen LogP contribution in [0, 0.1) is 0 Å². The maximum Gasteiger partial charge on any atom is 0.341 e. The fraction of sp³-hybridized carbons (Fsp3) is 0.273. The zero-order valence-corrected chi connectivity index (χ0v) is 9.10. The molecule has 80 valence electrons. The quantitative estimate of drug-likeness (QED) is 0.712. The van der Waals surface area contributed by atoms with E-state index in [0.29, 0.717) is 5.56 Å². The van der Waals surface area contributed by atoms with Crippen molar-refractivity contribution in [1.29, 1.82) is 0 Å². The van der Waals surface area contributed by atoms with Crippen molar-refractivity contribution in [1.82, 2.24) is 9.78 Å². The monoisotopic (exact) mass is 206 g/mol. The van der Waals surface area contributed by atoms with Crippen LogP contribution < -0.4 is 0 Å². The molecule has 0 amide bonds. The maximum atomic E-state index is 11.4. The highest BCUT2D eigenvalue weighted by atomic mass is 16.5. The largest absolute Gasteiger partial charge is 0.465 e. The van der Waals surface area contributed by atoms with Gasteiger partial charge in [-0.05, 0) is 19.9 Å². The van der Waals surface area contributed by atoms with E-state index in [-0.39, 0.29) is 5.97 Å². The van der Waals surface area contributed by atoms with Crippen molar-refractivity contribution in [3.05, 3.63) is 29.6 Å². The standard InChI is InChI=1S/C11H14N2O2/c1-4-6-10-9(11(14)15-3)8-12-13(10)7-5-2/h4-8H,1-3H3/b6-4-,7-5-. The van der Waals surface area contributed by atoms with Gasteiger partial charge in [-0.3, -0.25) is 0 Å². The predicted octanol–water partition coefficient (Wildman–Crippen LogP) is 2.19. The Morgan fingerprint density at radius 1 is 1.47 bits per heavy atom. The minimum Gasteiger partial charge on any atom is -0.465 e. The van der Waals surface area contributed by atoms with Crippen LogP contribution in [0.4, 0.5) is 0 Å². The number of allylic oxidation sites excluding steroid dienone is 2. The lowest BCUT2D eigenvalue weighted by molar-refractivity contribution is 0.0600. The Balaban J connectivity index is 3.23. The number of aromatic nitrogens is 2. The number of hydrogen-bond donors (Lipinski definition) is 0. The van der Waals surface area contributed by atoms with Gasteiger partial charge < -0.3 is 4.74 Å². The molecule has 1 rings (SSSR count). The Labute approximate surface area is 88.9 Å². The summed E-state index contributed by atoms with van der Waals surface area (Å²) in [5.41, 5.74) is 1.19. The van der Waals surface area contributed by atoms with Crippen LogP contribution in [0.3, 0.4) is 0 Å². The van der Waals surface area contributed by atoms with Crippen molar-refractivity contribution in [3.63, 3.8) is 0 Å². The van der Waals surface area contributed by atoms with Crippen LogP contribution in [-0.4, -0.2) is 22.9 Å². The van der Waals surface area contributed by atoms with Gasteiger partial charge in [-0.15, -0.1) is 0 Å². The molecule has 1 aromatic rings. The first kappa shape index (κ1) is 11.2. The number of carbonyl (C=O) groups is 1. The Bertz CT molecular complexity index is 403. The van der Waals surface area contributed by atoms with Crippen LogP contribution >= 0.6 is 0 Å². The summed E-state index contributed by atoms with van der Waals surface area (Å²) in [5, 5.41) is 4.07. The van der Waals surface area contributed by atoms with Crippen LogP contribution in [0.1, 0.15) is 29.9 Å². The molecule has 0 aliphatic heterocycles. The molecule has 0 aromatic carbocycles. The highest BCUT2D eigenvalue weighted by Crippen LogP contribution is 2.12. The molecule has 0 bridgehead atoms. The van der Waals surface area contributed by atoms with Gasteiger partial charge in [0.25, 0.3) is 0 Å². The number of methoxy groups -OCH3 is 1. The van der Waals surface area contributed by atoms with E-state index in [1.165, 1.54) is 13.3 Å². The van der Waals surface area contributed by atoms with Gasteiger partial charge in [-0.1, -0.05) is 12.2 Å². The van der Waals surface area contributed by atoms with Crippen LogP contribution in [0.2, 0.25) is 0 Å². The molecular formula is C11H14N2O2. The zero-order valence-electron chi connectivity index (χ0n) is 9.10. The molecular weight excluding hydrogens is 192 g/mol. The van der Waals surface area contributed by atoms with Crippen LogP contribution in [0.5, 0.6) is 0 Å². The van der Waals surface area contributed by atoms with Gasteiger partial charge >= 0.3 is 5.97 Å². The lowest BCUT2D eigenvalue weighted by Crippen LogP contribution is -2.03. The Morgan fingerprint density at radius 3 is 2.73 bits per heavy atom. The summed E-state index contributed by atoms with van der Waals surface area (Å²) in [7, 11) is 1.36. The molecule has 1 heterocycles. The van der Waals surface area contributed by atoms with Crippen molar-refractivity contribution in [2.75, 3.05) is 7.11 Å². The van der Waals surface area contributed by atoms with Gasteiger partial charge in [0.05, 0.1) is 19.0 Å². The fourth-order valence-electron chi connectivity index (χ4n) is 1.22. The van der Waals surface area contributed by atoms with Crippen molar-refractivity contribution >= 4 is 18.2 Å². The summed E-state index contributed by atoms with van der Waals surface area (Å²) in [6.45, 7) is 3.77. The third kappa shape index (κ3) is 2.34. The van der Waals surface area contributed by atoms with E-state index in [1.807, 2.05) is 32.1 Å². The molecule has 15 heavy (non-hydrogen) atoms.